The first-order valence-corrected chi connectivity index (χ1v) is 6.82. The summed E-state index contributed by atoms with van der Waals surface area (Å²) in [6.07, 6.45) is -2.19. The summed E-state index contributed by atoms with van der Waals surface area (Å²) in [6.45, 7) is 1.68. The maximum Gasteiger partial charge on any atom is 0.381 e. The molecule has 0 radical (unpaired) electrons. The average Bonchev–Trinajstić information content (AvgIpc) is 2.50. The molecule has 110 valence electrons. The second-order valence-corrected chi connectivity index (χ2v) is 4.60. The summed E-state index contributed by atoms with van der Waals surface area (Å²) in [7, 11) is 0. The molecule has 0 bridgehead atoms. The molecule has 0 heterocycles. The van der Waals surface area contributed by atoms with Crippen molar-refractivity contribution >= 4 is 17.6 Å². The van der Waals surface area contributed by atoms with E-state index in [1.807, 2.05) is 30.3 Å². The Balaban J connectivity index is 2.15. The molecule has 0 N–H and O–H groups in total. The van der Waals surface area contributed by atoms with Gasteiger partial charge >= 0.3 is 12.3 Å². The number of esters is 1. The van der Waals surface area contributed by atoms with Crippen LogP contribution in [-0.2, 0) is 9.53 Å². The molecule has 2 aromatic rings. The number of halogens is 2. The predicted octanol–water partition coefficient (Wildman–Crippen LogP) is 4.24. The van der Waals surface area contributed by atoms with Gasteiger partial charge in [-0.15, -0.1) is 0 Å². The molecule has 21 heavy (non-hydrogen) atoms. The molecule has 0 fully saturated rings. The number of carbonyl (C=O) groups is 1. The van der Waals surface area contributed by atoms with Crippen LogP contribution in [0.4, 0.5) is 4.39 Å². The predicted molar refractivity (Wildman–Crippen MR) is 79.0 cm³/mol. The van der Waals surface area contributed by atoms with Crippen LogP contribution in [0.5, 0.6) is 5.75 Å². The van der Waals surface area contributed by atoms with Crippen molar-refractivity contribution in [2.45, 2.75) is 13.3 Å². The van der Waals surface area contributed by atoms with E-state index in [0.29, 0.717) is 0 Å². The molecule has 0 aliphatic carbocycles. The first kappa shape index (κ1) is 15.3. The lowest BCUT2D eigenvalue weighted by atomic mass is 10.1. The average molecular weight is 309 g/mol. The Hall–Kier alpha value is -2.07. The van der Waals surface area contributed by atoms with E-state index < -0.39 is 12.3 Å². The van der Waals surface area contributed by atoms with E-state index in [9.17, 15) is 9.18 Å². The summed E-state index contributed by atoms with van der Waals surface area (Å²) in [4.78, 5) is 11.2. The Morgan fingerprint density at radius 1 is 1.19 bits per heavy atom. The van der Waals surface area contributed by atoms with E-state index in [1.165, 1.54) is 6.07 Å². The lowest BCUT2D eigenvalue weighted by Crippen LogP contribution is -2.24. The van der Waals surface area contributed by atoms with Crippen LogP contribution in [0.15, 0.2) is 48.5 Å². The van der Waals surface area contributed by atoms with Crippen LogP contribution in [-0.4, -0.2) is 18.9 Å². The Bertz CT molecular complexity index is 616. The van der Waals surface area contributed by atoms with Crippen LogP contribution in [0.2, 0.25) is 5.02 Å². The normalized spacial score (nSPS) is 11.8. The zero-order chi connectivity index (χ0) is 15.2. The van der Waals surface area contributed by atoms with Crippen molar-refractivity contribution in [2.24, 2.45) is 0 Å². The van der Waals surface area contributed by atoms with E-state index in [-0.39, 0.29) is 17.4 Å². The summed E-state index contributed by atoms with van der Waals surface area (Å²) >= 11 is 6.06. The Morgan fingerprint density at radius 2 is 1.90 bits per heavy atom. The molecule has 5 heteroatoms. The number of benzene rings is 2. The highest BCUT2D eigenvalue weighted by Crippen LogP contribution is 2.31. The Labute approximate surface area is 127 Å². The van der Waals surface area contributed by atoms with Gasteiger partial charge in [-0.3, -0.25) is 0 Å². The third-order valence-corrected chi connectivity index (χ3v) is 3.04. The molecule has 1 atom stereocenters. The highest BCUT2D eigenvalue weighted by molar-refractivity contribution is 6.32. The molecule has 1 unspecified atom stereocenters. The highest BCUT2D eigenvalue weighted by Gasteiger charge is 2.21. The van der Waals surface area contributed by atoms with Gasteiger partial charge in [0.05, 0.1) is 11.6 Å². The number of hydrogen-bond donors (Lipinski definition) is 0. The smallest absolute Gasteiger partial charge is 0.381 e. The molecular formula is C16H14ClFO3. The Kier molecular flexibility index (Phi) is 5.17. The van der Waals surface area contributed by atoms with Gasteiger partial charge in [0.1, 0.15) is 5.75 Å². The monoisotopic (exact) mass is 308 g/mol. The summed E-state index contributed by atoms with van der Waals surface area (Å²) < 4.78 is 22.9. The van der Waals surface area contributed by atoms with Crippen LogP contribution in [0.1, 0.15) is 6.92 Å². The van der Waals surface area contributed by atoms with Crippen molar-refractivity contribution in [1.29, 1.82) is 0 Å². The van der Waals surface area contributed by atoms with Crippen molar-refractivity contribution in [3.63, 3.8) is 0 Å². The van der Waals surface area contributed by atoms with E-state index in [4.69, 9.17) is 16.3 Å². The third-order valence-electron chi connectivity index (χ3n) is 2.74. The van der Waals surface area contributed by atoms with Gasteiger partial charge in [-0.25, -0.2) is 4.79 Å². The molecular weight excluding hydrogens is 295 g/mol. The first-order chi connectivity index (χ1) is 10.1. The van der Waals surface area contributed by atoms with Gasteiger partial charge in [0.2, 0.25) is 0 Å². The highest BCUT2D eigenvalue weighted by atomic mass is 35.5. The molecule has 0 amide bonds. The molecule has 0 spiro atoms. The topological polar surface area (TPSA) is 35.5 Å². The summed E-state index contributed by atoms with van der Waals surface area (Å²) in [5, 5.41) is 0.225. The van der Waals surface area contributed by atoms with Crippen LogP contribution < -0.4 is 4.74 Å². The van der Waals surface area contributed by atoms with Gasteiger partial charge in [0.15, 0.2) is 0 Å². The van der Waals surface area contributed by atoms with Crippen LogP contribution >= 0.6 is 11.6 Å². The van der Waals surface area contributed by atoms with E-state index in [2.05, 4.69) is 4.74 Å². The van der Waals surface area contributed by atoms with Crippen molar-refractivity contribution in [1.82, 2.24) is 0 Å². The molecule has 0 aliphatic heterocycles. The lowest BCUT2D eigenvalue weighted by Gasteiger charge is -2.12. The fourth-order valence-electron chi connectivity index (χ4n) is 1.77. The van der Waals surface area contributed by atoms with Gasteiger partial charge in [0.25, 0.3) is 0 Å². The zero-order valence-corrected chi connectivity index (χ0v) is 12.1. The van der Waals surface area contributed by atoms with Gasteiger partial charge in [-0.2, -0.15) is 4.39 Å². The minimum Gasteiger partial charge on any atom is -0.461 e. The summed E-state index contributed by atoms with van der Waals surface area (Å²) in [5.74, 6) is -0.974. The zero-order valence-electron chi connectivity index (χ0n) is 11.4. The molecule has 0 saturated heterocycles. The standard InChI is InChI=1S/C16H14ClFO3/c1-2-20-16(19)15(18)21-14-9-8-12(10-13(14)17)11-6-4-3-5-7-11/h3-10,15H,2H2,1H3. The number of carbonyl (C=O) groups excluding carboxylic acids is 1. The molecule has 0 aliphatic rings. The third kappa shape index (κ3) is 3.95. The van der Waals surface area contributed by atoms with Crippen LogP contribution in [0, 0.1) is 0 Å². The number of ether oxygens (including phenoxy) is 2. The molecule has 0 saturated carbocycles. The second-order valence-electron chi connectivity index (χ2n) is 4.20. The first-order valence-electron chi connectivity index (χ1n) is 6.44. The van der Waals surface area contributed by atoms with E-state index in [0.717, 1.165) is 11.1 Å². The lowest BCUT2D eigenvalue weighted by molar-refractivity contribution is -0.159. The maximum atomic E-state index is 13.5. The minimum atomic E-state index is -2.19. The van der Waals surface area contributed by atoms with Gasteiger partial charge < -0.3 is 9.47 Å². The molecule has 0 aromatic heterocycles. The number of alkyl halides is 1. The summed E-state index contributed by atoms with van der Waals surface area (Å²) in [5.41, 5.74) is 1.85. The number of hydrogen-bond acceptors (Lipinski definition) is 3. The fourth-order valence-corrected chi connectivity index (χ4v) is 2.00. The van der Waals surface area contributed by atoms with E-state index >= 15 is 0 Å². The Morgan fingerprint density at radius 3 is 2.52 bits per heavy atom. The summed E-state index contributed by atoms with van der Waals surface area (Å²) in [6, 6.07) is 14.5. The fraction of sp³-hybridized carbons (Fsp3) is 0.188. The van der Waals surface area contributed by atoms with Crippen LogP contribution in [0.25, 0.3) is 11.1 Å². The second kappa shape index (κ2) is 7.09. The van der Waals surface area contributed by atoms with Crippen molar-refractivity contribution in [2.75, 3.05) is 6.61 Å². The quantitative estimate of drug-likeness (QED) is 0.775. The van der Waals surface area contributed by atoms with Gasteiger partial charge in [-0.1, -0.05) is 48.0 Å². The van der Waals surface area contributed by atoms with Gasteiger partial charge in [0, 0.05) is 0 Å². The molecule has 2 aromatic carbocycles. The molecule has 3 nitrogen and oxygen atoms in total. The van der Waals surface area contributed by atoms with Gasteiger partial charge in [-0.05, 0) is 30.2 Å². The van der Waals surface area contributed by atoms with Crippen molar-refractivity contribution in [3.8, 4) is 16.9 Å². The number of rotatable bonds is 5. The van der Waals surface area contributed by atoms with Crippen molar-refractivity contribution < 1.29 is 18.7 Å². The minimum absolute atomic E-state index is 0.0866. The SMILES string of the molecule is CCOC(=O)C(F)Oc1ccc(-c2ccccc2)cc1Cl. The van der Waals surface area contributed by atoms with E-state index in [1.54, 1.807) is 19.1 Å². The maximum absolute atomic E-state index is 13.5. The molecule has 2 rings (SSSR count). The largest absolute Gasteiger partial charge is 0.461 e. The van der Waals surface area contributed by atoms with Crippen molar-refractivity contribution in [3.05, 3.63) is 53.6 Å². The van der Waals surface area contributed by atoms with Crippen LogP contribution in [0.3, 0.4) is 0 Å².